The Bertz CT molecular complexity index is 1390. The van der Waals surface area contributed by atoms with E-state index < -0.39 is 18.0 Å². The molecule has 1 saturated heterocycles. The van der Waals surface area contributed by atoms with Gasteiger partial charge in [0.05, 0.1) is 36.9 Å². The van der Waals surface area contributed by atoms with Crippen molar-refractivity contribution >= 4 is 22.8 Å². The van der Waals surface area contributed by atoms with Gasteiger partial charge in [-0.05, 0) is 44.2 Å². The van der Waals surface area contributed by atoms with Gasteiger partial charge in [-0.25, -0.2) is 4.39 Å². The molecule has 1 aromatic carbocycles. The van der Waals surface area contributed by atoms with E-state index in [2.05, 4.69) is 15.3 Å². The molecule has 2 atom stereocenters. The van der Waals surface area contributed by atoms with Gasteiger partial charge < -0.3 is 34.5 Å². The van der Waals surface area contributed by atoms with E-state index in [1.807, 2.05) is 0 Å². The molecular weight excluding hydrogens is 507 g/mol. The first-order chi connectivity index (χ1) is 18.8. The largest absolute Gasteiger partial charge is 0.494 e. The van der Waals surface area contributed by atoms with Crippen LogP contribution in [0.1, 0.15) is 35.3 Å². The molecule has 208 valence electrons. The molecule has 2 aliphatic rings. The highest BCUT2D eigenvalue weighted by Gasteiger charge is 2.32. The Balaban J connectivity index is 1.43. The predicted molar refractivity (Wildman–Crippen MR) is 141 cm³/mol. The average Bonchev–Trinajstić information content (AvgIpc) is 3.68. The molecule has 3 heterocycles. The SMILES string of the molecule is COCC(=O)N1CC[C@@H](NC(=O)c2c(C)[nH]c3c(-c4cc(OC)c(F)cc4OCC4CC4)ccnc23)[C@H](O)C1. The number of aliphatic hydroxyl groups is 1. The molecule has 0 radical (unpaired) electrons. The first kappa shape index (κ1) is 26.9. The van der Waals surface area contributed by atoms with Gasteiger partial charge in [-0.1, -0.05) is 0 Å². The van der Waals surface area contributed by atoms with Gasteiger partial charge in [-0.2, -0.15) is 0 Å². The predicted octanol–water partition coefficient (Wildman–Crippen LogP) is 2.81. The normalized spacial score (nSPS) is 19.3. The number of amides is 2. The van der Waals surface area contributed by atoms with E-state index in [1.54, 1.807) is 25.3 Å². The summed E-state index contributed by atoms with van der Waals surface area (Å²) < 4.78 is 30.7. The van der Waals surface area contributed by atoms with Gasteiger partial charge in [0.1, 0.15) is 17.9 Å². The number of piperidine rings is 1. The molecule has 0 unspecified atom stereocenters. The number of β-amino-alcohol motifs (C(OH)–C–C–N with tert-alkyl or cyclic N) is 1. The quantitative estimate of drug-likeness (QED) is 0.381. The van der Waals surface area contributed by atoms with Crippen LogP contribution in [0.5, 0.6) is 11.5 Å². The van der Waals surface area contributed by atoms with E-state index in [1.165, 1.54) is 25.2 Å². The first-order valence-electron chi connectivity index (χ1n) is 13.0. The second kappa shape index (κ2) is 11.2. The second-order valence-corrected chi connectivity index (χ2v) is 10.2. The number of ether oxygens (including phenoxy) is 3. The van der Waals surface area contributed by atoms with Gasteiger partial charge >= 0.3 is 0 Å². The summed E-state index contributed by atoms with van der Waals surface area (Å²) in [7, 11) is 2.85. The number of aromatic amines is 1. The molecule has 1 saturated carbocycles. The number of halogens is 1. The molecule has 10 nitrogen and oxygen atoms in total. The minimum absolute atomic E-state index is 0.0560. The number of carbonyl (C=O) groups excluding carboxylic acids is 2. The molecule has 3 aromatic rings. The number of H-pyrrole nitrogens is 1. The van der Waals surface area contributed by atoms with Gasteiger partial charge in [0, 0.05) is 49.3 Å². The van der Waals surface area contributed by atoms with Crippen LogP contribution in [-0.2, 0) is 9.53 Å². The Morgan fingerprint density at radius 3 is 2.69 bits per heavy atom. The van der Waals surface area contributed by atoms with Crippen LogP contribution in [-0.4, -0.2) is 84.5 Å². The summed E-state index contributed by atoms with van der Waals surface area (Å²) >= 11 is 0. The zero-order valence-corrected chi connectivity index (χ0v) is 22.3. The maximum atomic E-state index is 14.6. The van der Waals surface area contributed by atoms with Crippen LogP contribution in [0.2, 0.25) is 0 Å². The Morgan fingerprint density at radius 1 is 1.21 bits per heavy atom. The lowest BCUT2D eigenvalue weighted by Crippen LogP contribution is -2.55. The number of benzene rings is 1. The van der Waals surface area contributed by atoms with Crippen molar-refractivity contribution in [2.24, 2.45) is 5.92 Å². The summed E-state index contributed by atoms with van der Waals surface area (Å²) in [5, 5.41) is 13.6. The molecule has 1 aliphatic carbocycles. The number of aryl methyl sites for hydroxylation is 1. The number of aromatic nitrogens is 2. The van der Waals surface area contributed by atoms with Crippen molar-refractivity contribution in [1.29, 1.82) is 0 Å². The monoisotopic (exact) mass is 540 g/mol. The van der Waals surface area contributed by atoms with Crippen LogP contribution in [0.4, 0.5) is 4.39 Å². The van der Waals surface area contributed by atoms with Crippen LogP contribution in [0.25, 0.3) is 22.2 Å². The third kappa shape index (κ3) is 5.55. The van der Waals surface area contributed by atoms with E-state index in [0.717, 1.165) is 12.8 Å². The van der Waals surface area contributed by atoms with E-state index in [9.17, 15) is 19.1 Å². The minimum Gasteiger partial charge on any atom is -0.494 e. The van der Waals surface area contributed by atoms with Gasteiger partial charge in [0.2, 0.25) is 5.91 Å². The zero-order chi connectivity index (χ0) is 27.7. The van der Waals surface area contributed by atoms with E-state index in [4.69, 9.17) is 14.2 Å². The number of rotatable bonds is 9. The second-order valence-electron chi connectivity index (χ2n) is 10.2. The van der Waals surface area contributed by atoms with Gasteiger partial charge in [-0.15, -0.1) is 0 Å². The van der Waals surface area contributed by atoms with Crippen LogP contribution in [0.15, 0.2) is 24.4 Å². The van der Waals surface area contributed by atoms with Crippen LogP contribution < -0.4 is 14.8 Å². The lowest BCUT2D eigenvalue weighted by molar-refractivity contribution is -0.138. The van der Waals surface area contributed by atoms with Crippen LogP contribution in [0.3, 0.4) is 0 Å². The average molecular weight is 541 g/mol. The summed E-state index contributed by atoms with van der Waals surface area (Å²) in [5.41, 5.74) is 3.31. The van der Waals surface area contributed by atoms with Crippen molar-refractivity contribution in [3.05, 3.63) is 41.5 Å². The fraction of sp³-hybridized carbons (Fsp3) is 0.464. The molecule has 2 fully saturated rings. The number of methoxy groups -OCH3 is 2. The van der Waals surface area contributed by atoms with Gasteiger partial charge in [0.15, 0.2) is 11.6 Å². The number of pyridine rings is 1. The number of nitrogens with one attached hydrogen (secondary N) is 2. The van der Waals surface area contributed by atoms with E-state index in [0.29, 0.717) is 64.7 Å². The molecule has 11 heteroatoms. The number of carbonyl (C=O) groups is 2. The summed E-state index contributed by atoms with van der Waals surface area (Å²) in [6, 6.07) is 4.18. The number of aliphatic hydroxyl groups excluding tert-OH is 1. The lowest BCUT2D eigenvalue weighted by Gasteiger charge is -2.36. The molecule has 0 spiro atoms. The summed E-state index contributed by atoms with van der Waals surface area (Å²) in [4.78, 5) is 34.8. The Labute approximate surface area is 225 Å². The molecular formula is C28H33FN4O6. The van der Waals surface area contributed by atoms with Crippen molar-refractivity contribution in [3.8, 4) is 22.6 Å². The highest BCUT2D eigenvalue weighted by molar-refractivity contribution is 6.10. The molecule has 3 N–H and O–H groups in total. The molecule has 2 aromatic heterocycles. The third-order valence-corrected chi connectivity index (χ3v) is 7.34. The Hall–Kier alpha value is -3.70. The number of likely N-dealkylation sites (tertiary alicyclic amines) is 1. The summed E-state index contributed by atoms with van der Waals surface area (Å²) in [6.07, 6.45) is 3.27. The number of fused-ring (bicyclic) bond motifs is 1. The van der Waals surface area contributed by atoms with E-state index in [-0.39, 0.29) is 30.7 Å². The highest BCUT2D eigenvalue weighted by Crippen LogP contribution is 2.40. The minimum atomic E-state index is -0.921. The molecule has 2 amide bonds. The summed E-state index contributed by atoms with van der Waals surface area (Å²) in [6.45, 7) is 2.73. The van der Waals surface area contributed by atoms with Crippen molar-refractivity contribution in [1.82, 2.24) is 20.2 Å². The number of hydrogen-bond donors (Lipinski definition) is 3. The zero-order valence-electron chi connectivity index (χ0n) is 22.3. The van der Waals surface area contributed by atoms with Crippen molar-refractivity contribution in [2.75, 3.05) is 40.5 Å². The first-order valence-corrected chi connectivity index (χ1v) is 13.0. The molecule has 0 bridgehead atoms. The van der Waals surface area contributed by atoms with Crippen LogP contribution >= 0.6 is 0 Å². The molecule has 1 aliphatic heterocycles. The Morgan fingerprint density at radius 2 is 2.00 bits per heavy atom. The smallest absolute Gasteiger partial charge is 0.255 e. The molecule has 5 rings (SSSR count). The fourth-order valence-electron chi connectivity index (χ4n) is 5.00. The molecule has 39 heavy (non-hydrogen) atoms. The topological polar surface area (TPSA) is 126 Å². The van der Waals surface area contributed by atoms with E-state index >= 15 is 0 Å². The van der Waals surface area contributed by atoms with Crippen molar-refractivity contribution < 1.29 is 33.3 Å². The van der Waals surface area contributed by atoms with Crippen LogP contribution in [0, 0.1) is 18.7 Å². The Kier molecular flexibility index (Phi) is 7.72. The van der Waals surface area contributed by atoms with Crippen molar-refractivity contribution in [2.45, 2.75) is 38.3 Å². The lowest BCUT2D eigenvalue weighted by atomic mass is 10.0. The standard InChI is InChI=1S/C28H33FN4O6/c1-15-25(28(36)32-20-7-9-33(12-21(20)34)24(35)14-37-2)27-26(31-15)17(6-8-30-27)18-10-23(38-3)19(29)11-22(18)39-13-16-4-5-16/h6,8,10-11,16,20-21,31,34H,4-5,7,9,12-14H2,1-3H3,(H,32,36)/t20-,21-/m1/s1. The maximum Gasteiger partial charge on any atom is 0.255 e. The third-order valence-electron chi connectivity index (χ3n) is 7.34. The van der Waals surface area contributed by atoms with Crippen molar-refractivity contribution in [3.63, 3.8) is 0 Å². The number of nitrogens with zero attached hydrogens (tertiary/aromatic N) is 2. The highest BCUT2D eigenvalue weighted by atomic mass is 19.1. The van der Waals surface area contributed by atoms with Gasteiger partial charge in [-0.3, -0.25) is 14.6 Å². The fourth-order valence-corrected chi connectivity index (χ4v) is 5.00. The summed E-state index contributed by atoms with van der Waals surface area (Å²) in [5.74, 6) is -0.157. The van der Waals surface area contributed by atoms with Gasteiger partial charge in [0.25, 0.3) is 5.91 Å². The maximum absolute atomic E-state index is 14.6. The number of hydrogen-bond acceptors (Lipinski definition) is 7.